The van der Waals surface area contributed by atoms with Crippen LogP contribution in [0, 0.1) is 5.92 Å². The topological polar surface area (TPSA) is 71.9 Å². The van der Waals surface area contributed by atoms with Crippen molar-refractivity contribution in [1.29, 1.82) is 0 Å². The highest BCUT2D eigenvalue weighted by atomic mass is 32.1. The predicted octanol–water partition coefficient (Wildman–Crippen LogP) is 1.77. The van der Waals surface area contributed by atoms with Crippen molar-refractivity contribution in [2.45, 2.75) is 26.2 Å². The number of carbonyl (C=O) groups excluding carboxylic acids is 2. The van der Waals surface area contributed by atoms with Crippen LogP contribution in [0.15, 0.2) is 30.3 Å². The molecule has 1 fully saturated rings. The molecule has 4 rings (SSSR count). The maximum absolute atomic E-state index is 13.2. The zero-order chi connectivity index (χ0) is 20.9. The van der Waals surface area contributed by atoms with Gasteiger partial charge in [-0.05, 0) is 42.9 Å². The van der Waals surface area contributed by atoms with Crippen molar-refractivity contribution in [3.05, 3.63) is 51.9 Å². The minimum Gasteiger partial charge on any atom is -0.370 e. The molecule has 0 spiro atoms. The lowest BCUT2D eigenvalue weighted by atomic mass is 9.88. The summed E-state index contributed by atoms with van der Waals surface area (Å²) >= 11 is 1.56. The molecule has 30 heavy (non-hydrogen) atoms. The van der Waals surface area contributed by atoms with E-state index in [2.05, 4.69) is 17.6 Å². The Balaban J connectivity index is 1.49. The number of nitrogens with one attached hydrogen (secondary N) is 3. The van der Waals surface area contributed by atoms with Gasteiger partial charge in [0, 0.05) is 10.4 Å². The maximum Gasteiger partial charge on any atom is 0.256 e. The van der Waals surface area contributed by atoms with E-state index in [0.29, 0.717) is 28.6 Å². The van der Waals surface area contributed by atoms with Crippen LogP contribution in [0.5, 0.6) is 0 Å². The minimum absolute atomic E-state index is 0.0712. The minimum atomic E-state index is -0.172. The summed E-state index contributed by atoms with van der Waals surface area (Å²) in [5, 5.41) is 6.80. The van der Waals surface area contributed by atoms with Gasteiger partial charge in [0.25, 0.3) is 11.8 Å². The second-order valence-corrected chi connectivity index (χ2v) is 9.35. The van der Waals surface area contributed by atoms with Gasteiger partial charge in [0.05, 0.1) is 31.9 Å². The molecule has 2 aromatic rings. The Morgan fingerprint density at radius 3 is 2.70 bits per heavy atom. The molecule has 6 nitrogen and oxygen atoms in total. The highest BCUT2D eigenvalue weighted by Crippen LogP contribution is 2.39. The van der Waals surface area contributed by atoms with Crippen molar-refractivity contribution in [1.82, 2.24) is 5.32 Å². The lowest BCUT2D eigenvalue weighted by Crippen LogP contribution is -3.14. The quantitative estimate of drug-likeness (QED) is 0.657. The van der Waals surface area contributed by atoms with Crippen molar-refractivity contribution in [2.24, 2.45) is 5.92 Å². The largest absolute Gasteiger partial charge is 0.370 e. The second-order valence-electron chi connectivity index (χ2n) is 8.24. The smallest absolute Gasteiger partial charge is 0.256 e. The summed E-state index contributed by atoms with van der Waals surface area (Å²) in [6.45, 7) is 7.31. The SMILES string of the molecule is C[C@@H]1CCc2c(sc(NC(=O)c3ccccc3)c2C(=O)NCC[NH+]2CCOCC2)C1. The molecule has 2 aliphatic rings. The van der Waals surface area contributed by atoms with Crippen molar-refractivity contribution < 1.29 is 19.2 Å². The first kappa shape index (κ1) is 21.0. The average Bonchev–Trinajstić information content (AvgIpc) is 3.11. The Morgan fingerprint density at radius 1 is 1.17 bits per heavy atom. The monoisotopic (exact) mass is 428 g/mol. The van der Waals surface area contributed by atoms with E-state index in [9.17, 15) is 9.59 Å². The van der Waals surface area contributed by atoms with Gasteiger partial charge in [-0.25, -0.2) is 0 Å². The summed E-state index contributed by atoms with van der Waals surface area (Å²) < 4.78 is 5.40. The zero-order valence-corrected chi connectivity index (χ0v) is 18.3. The molecule has 1 aliphatic carbocycles. The predicted molar refractivity (Wildman–Crippen MR) is 119 cm³/mol. The van der Waals surface area contributed by atoms with E-state index >= 15 is 0 Å². The van der Waals surface area contributed by atoms with Gasteiger partial charge in [0.2, 0.25) is 0 Å². The molecular weight excluding hydrogens is 398 g/mol. The standard InChI is InChI=1S/C23H29N3O3S/c1-16-7-8-18-19(15-16)30-23(25-21(27)17-5-3-2-4-6-17)20(18)22(28)24-9-10-26-11-13-29-14-12-26/h2-6,16H,7-15H2,1H3,(H,24,28)(H,25,27)/p+1/t16-/m1/s1. The lowest BCUT2D eigenvalue weighted by molar-refractivity contribution is -0.906. The van der Waals surface area contributed by atoms with Crippen LogP contribution in [-0.2, 0) is 17.6 Å². The second kappa shape index (κ2) is 9.73. The molecule has 0 saturated carbocycles. The summed E-state index contributed by atoms with van der Waals surface area (Å²) in [5.41, 5.74) is 2.39. The van der Waals surface area contributed by atoms with E-state index in [1.165, 1.54) is 9.78 Å². The van der Waals surface area contributed by atoms with Gasteiger partial charge >= 0.3 is 0 Å². The number of hydrogen-bond acceptors (Lipinski definition) is 4. The van der Waals surface area contributed by atoms with Crippen LogP contribution in [0.4, 0.5) is 5.00 Å². The molecule has 0 radical (unpaired) electrons. The van der Waals surface area contributed by atoms with E-state index in [0.717, 1.165) is 57.7 Å². The van der Waals surface area contributed by atoms with E-state index in [-0.39, 0.29) is 11.8 Å². The third-order valence-corrected chi connectivity index (χ3v) is 7.14. The molecule has 160 valence electrons. The number of amides is 2. The molecule has 0 bridgehead atoms. The number of benzene rings is 1. The number of rotatable bonds is 6. The molecule has 1 atom stereocenters. The number of thiophene rings is 1. The van der Waals surface area contributed by atoms with Gasteiger partial charge in [-0.3, -0.25) is 9.59 Å². The van der Waals surface area contributed by atoms with E-state index < -0.39 is 0 Å². The Bertz CT molecular complexity index is 891. The van der Waals surface area contributed by atoms with Crippen molar-refractivity contribution in [2.75, 3.05) is 44.7 Å². The highest BCUT2D eigenvalue weighted by molar-refractivity contribution is 7.17. The highest BCUT2D eigenvalue weighted by Gasteiger charge is 2.28. The van der Waals surface area contributed by atoms with E-state index in [1.807, 2.05) is 18.2 Å². The fourth-order valence-electron chi connectivity index (χ4n) is 4.20. The molecule has 3 N–H and O–H groups in total. The third kappa shape index (κ3) is 4.91. The number of hydrogen-bond donors (Lipinski definition) is 3. The number of ether oxygens (including phenoxy) is 1. The van der Waals surface area contributed by atoms with Crippen LogP contribution in [0.1, 0.15) is 44.5 Å². The van der Waals surface area contributed by atoms with Crippen LogP contribution >= 0.6 is 11.3 Å². The first-order valence-electron chi connectivity index (χ1n) is 10.8. The molecular formula is C23H30N3O3S+. The van der Waals surface area contributed by atoms with Gasteiger partial charge in [-0.15, -0.1) is 11.3 Å². The normalized spacial score (nSPS) is 19.2. The fourth-order valence-corrected chi connectivity index (χ4v) is 5.60. The summed E-state index contributed by atoms with van der Waals surface area (Å²) in [4.78, 5) is 28.6. The molecule has 2 amide bonds. The van der Waals surface area contributed by atoms with Gasteiger partial charge in [-0.1, -0.05) is 25.1 Å². The van der Waals surface area contributed by atoms with Crippen LogP contribution in [0.2, 0.25) is 0 Å². The molecule has 7 heteroatoms. The number of carbonyl (C=O) groups is 2. The van der Waals surface area contributed by atoms with Gasteiger partial charge in [-0.2, -0.15) is 0 Å². The van der Waals surface area contributed by atoms with E-state index in [1.54, 1.807) is 23.5 Å². The summed E-state index contributed by atoms with van der Waals surface area (Å²) in [6.07, 6.45) is 2.94. The van der Waals surface area contributed by atoms with Crippen LogP contribution in [-0.4, -0.2) is 51.2 Å². The Morgan fingerprint density at radius 2 is 1.93 bits per heavy atom. The Hall–Kier alpha value is -2.22. The fraction of sp³-hybridized carbons (Fsp3) is 0.478. The first-order chi connectivity index (χ1) is 14.6. The number of quaternary nitrogens is 1. The summed E-state index contributed by atoms with van der Waals surface area (Å²) in [5.74, 6) is 0.363. The molecule has 1 aromatic heterocycles. The van der Waals surface area contributed by atoms with Crippen molar-refractivity contribution >= 4 is 28.2 Å². The lowest BCUT2D eigenvalue weighted by Gasteiger charge is -2.23. The van der Waals surface area contributed by atoms with Crippen LogP contribution in [0.3, 0.4) is 0 Å². The maximum atomic E-state index is 13.2. The summed E-state index contributed by atoms with van der Waals surface area (Å²) in [6, 6.07) is 9.15. The van der Waals surface area contributed by atoms with Crippen LogP contribution in [0.25, 0.3) is 0 Å². The number of morpholine rings is 1. The third-order valence-electron chi connectivity index (χ3n) is 5.97. The number of anilines is 1. The molecule has 2 heterocycles. The summed E-state index contributed by atoms with van der Waals surface area (Å²) in [7, 11) is 0. The van der Waals surface area contributed by atoms with E-state index in [4.69, 9.17) is 4.74 Å². The van der Waals surface area contributed by atoms with Gasteiger partial charge in [0.1, 0.15) is 18.1 Å². The van der Waals surface area contributed by atoms with Gasteiger partial charge in [0.15, 0.2) is 0 Å². The Kier molecular flexibility index (Phi) is 6.82. The van der Waals surface area contributed by atoms with Crippen molar-refractivity contribution in [3.8, 4) is 0 Å². The van der Waals surface area contributed by atoms with Crippen molar-refractivity contribution in [3.63, 3.8) is 0 Å². The molecule has 1 aliphatic heterocycles. The molecule has 1 aromatic carbocycles. The molecule has 0 unspecified atom stereocenters. The van der Waals surface area contributed by atoms with Crippen LogP contribution < -0.4 is 15.5 Å². The number of fused-ring (bicyclic) bond motifs is 1. The first-order valence-corrected chi connectivity index (χ1v) is 11.6. The molecule has 1 saturated heterocycles. The Labute approximate surface area is 181 Å². The zero-order valence-electron chi connectivity index (χ0n) is 17.5. The average molecular weight is 429 g/mol. The van der Waals surface area contributed by atoms with Gasteiger partial charge < -0.3 is 20.3 Å².